The number of fused-ring (bicyclic) bond motifs is 2. The highest BCUT2D eigenvalue weighted by Gasteiger charge is 2.52. The van der Waals surface area contributed by atoms with Crippen LogP contribution in [-0.2, 0) is 52.3 Å². The second kappa shape index (κ2) is 32.1. The van der Waals surface area contributed by atoms with Crippen LogP contribution in [0.5, 0.6) is 17.2 Å². The number of Topliss-reactive ketones (excluding diaryl/α,β-unsaturated/α-hetero) is 2. The van der Waals surface area contributed by atoms with Crippen molar-refractivity contribution in [3.05, 3.63) is 49.6 Å². The van der Waals surface area contributed by atoms with Gasteiger partial charge in [-0.15, -0.1) is 0 Å². The van der Waals surface area contributed by atoms with Gasteiger partial charge in [-0.25, -0.2) is 0 Å². The van der Waals surface area contributed by atoms with Crippen LogP contribution in [0, 0.1) is 34.2 Å². The molecule has 4 aliphatic heterocycles. The summed E-state index contributed by atoms with van der Waals surface area (Å²) in [6, 6.07) is -1.24. The van der Waals surface area contributed by atoms with Crippen molar-refractivity contribution in [2.75, 3.05) is 53.9 Å². The van der Waals surface area contributed by atoms with Crippen LogP contribution in [0.15, 0.2) is 34.9 Å². The number of rotatable bonds is 25. The van der Waals surface area contributed by atoms with Gasteiger partial charge in [-0.1, -0.05) is 70.0 Å². The second-order valence-electron chi connectivity index (χ2n) is 22.6. The number of hydrogen-bond donors (Lipinski definition) is 8. The monoisotopic (exact) mass is 1390 g/mol. The molecule has 2 bridgehead atoms. The molecule has 6 aliphatic rings. The fourth-order valence-corrected chi connectivity index (χ4v) is 15.4. The van der Waals surface area contributed by atoms with E-state index in [9.17, 15) is 39.9 Å². The molecule has 0 saturated carbocycles. The highest BCUT2D eigenvalue weighted by Crippen LogP contribution is 2.49. The van der Waals surface area contributed by atoms with Gasteiger partial charge in [-0.2, -0.15) is 5.48 Å². The van der Waals surface area contributed by atoms with Gasteiger partial charge < -0.3 is 88.7 Å². The minimum Gasteiger partial charge on any atom is -0.492 e. The lowest BCUT2D eigenvalue weighted by Gasteiger charge is -2.46. The third kappa shape index (κ3) is 17.0. The number of halogens is 1. The van der Waals surface area contributed by atoms with Gasteiger partial charge in [0.1, 0.15) is 42.4 Å². The Kier molecular flexibility index (Phi) is 26.4. The van der Waals surface area contributed by atoms with Gasteiger partial charge in [-0.3, -0.25) is 19.2 Å². The number of ketones is 2. The molecule has 0 radical (unpaired) electrons. The van der Waals surface area contributed by atoms with Crippen molar-refractivity contribution in [2.45, 2.75) is 207 Å². The standard InChI is InChI=1S/C60H84IN3O20S3/c1-13-63-36-28-77-41(26-40(36)73-9)82-53-48(69)46(31(4)79-58(53)81-39-18-16-14-15-17-20-60(72)27-38(67)34(24-29(2)65)44(39)35(60)19-23-85-87-59(7,8)21-22-62)64-84-42-25-37(66)55(33(6)78-42)86-56(71)43-30(3)45(61)51(54(76-12)50(43)74-10)83-57-49(70)52(75-11)47(68)32(5)80-57/h14-15,19,31-33,36-37,39-42,46-49,52-53,55,57-58,63-64,66,68-70,72H,13,21-28,62H2,1-12H3/b15-14-,35-19+/t31-,32+,33-,36+,37+,39+,40+,41+,42+,46-,47+,48+,49-,52-,53-,55-,57+,58+,60+/m1/s1. The first-order valence-corrected chi connectivity index (χ1v) is 33.1. The number of hydrogen-bond acceptors (Lipinski definition) is 26. The van der Waals surface area contributed by atoms with Gasteiger partial charge >= 0.3 is 0 Å². The molecule has 27 heteroatoms. The number of likely N-dealkylation sites (N-methyl/N-ethyl adjacent to an activating group) is 1. The number of thioether (sulfide) groups is 1. The molecule has 2 aliphatic carbocycles. The zero-order valence-electron chi connectivity index (χ0n) is 51.0. The van der Waals surface area contributed by atoms with E-state index in [1.807, 2.05) is 29.5 Å². The van der Waals surface area contributed by atoms with E-state index in [4.69, 9.17) is 62.7 Å². The number of carbonyl (C=O) groups excluding carboxylic acids is 3. The number of benzene rings is 1. The molecule has 7 rings (SSSR count). The number of ether oxygens (including phenoxy) is 11. The van der Waals surface area contributed by atoms with Gasteiger partial charge in [-0.05, 0) is 108 Å². The van der Waals surface area contributed by atoms with Crippen LogP contribution in [-0.4, -0.2) is 216 Å². The first-order valence-electron chi connectivity index (χ1n) is 28.9. The smallest absolute Gasteiger partial charge is 0.229 e. The Morgan fingerprint density at radius 2 is 1.62 bits per heavy atom. The Hall–Kier alpha value is -2.93. The van der Waals surface area contributed by atoms with Crippen LogP contribution in [0.4, 0.5) is 0 Å². The first kappa shape index (κ1) is 71.5. The minimum absolute atomic E-state index is 0.0311. The fraction of sp³-hybridized carbons (Fsp3) is 0.683. The van der Waals surface area contributed by atoms with E-state index < -0.39 is 120 Å². The molecule has 87 heavy (non-hydrogen) atoms. The minimum atomic E-state index is -2.01. The Labute approximate surface area is 534 Å². The molecule has 0 aromatic heterocycles. The molecule has 4 saturated heterocycles. The third-order valence-electron chi connectivity index (χ3n) is 15.8. The molecule has 1 aromatic rings. The van der Waals surface area contributed by atoms with Crippen molar-refractivity contribution in [1.82, 2.24) is 10.8 Å². The van der Waals surface area contributed by atoms with Crippen molar-refractivity contribution in [3.63, 3.8) is 0 Å². The predicted molar refractivity (Wildman–Crippen MR) is 334 cm³/mol. The summed E-state index contributed by atoms with van der Waals surface area (Å²) in [6.07, 6.45) is -11.8. The number of aliphatic hydroxyl groups excluding tert-OH is 4. The van der Waals surface area contributed by atoms with Crippen LogP contribution in [0.2, 0.25) is 0 Å². The molecule has 23 nitrogen and oxygen atoms in total. The van der Waals surface area contributed by atoms with Crippen molar-refractivity contribution in [2.24, 2.45) is 5.73 Å². The number of hydroxylamine groups is 1. The van der Waals surface area contributed by atoms with Gasteiger partial charge in [0.2, 0.25) is 17.2 Å². The number of carbonyl (C=O) groups is 3. The molecule has 0 amide bonds. The highest BCUT2D eigenvalue weighted by molar-refractivity contribution is 14.1. The average Bonchev–Trinajstić information content (AvgIpc) is 1.26. The Balaban J connectivity index is 1.12. The van der Waals surface area contributed by atoms with Crippen LogP contribution in [0.3, 0.4) is 0 Å². The average molecular weight is 1390 g/mol. The van der Waals surface area contributed by atoms with E-state index in [1.54, 1.807) is 51.7 Å². The first-order chi connectivity index (χ1) is 41.3. The summed E-state index contributed by atoms with van der Waals surface area (Å²) in [5.74, 6) is 11.5. The summed E-state index contributed by atoms with van der Waals surface area (Å²) >= 11 is 2.84. The summed E-state index contributed by atoms with van der Waals surface area (Å²) in [5, 5.41) is 60.5. The second-order valence-corrected chi connectivity index (χ2v) is 27.9. The molecule has 0 unspecified atom stereocenters. The van der Waals surface area contributed by atoms with E-state index in [2.05, 4.69) is 48.3 Å². The van der Waals surface area contributed by atoms with E-state index in [0.717, 1.165) is 18.2 Å². The quantitative estimate of drug-likeness (QED) is 0.0227. The highest BCUT2D eigenvalue weighted by atomic mass is 127. The Morgan fingerprint density at radius 3 is 2.28 bits per heavy atom. The lowest BCUT2D eigenvalue weighted by molar-refractivity contribution is -0.336. The summed E-state index contributed by atoms with van der Waals surface area (Å²) in [4.78, 5) is 47.9. The van der Waals surface area contributed by atoms with Crippen LogP contribution < -0.4 is 30.7 Å². The topological polar surface area (TPSA) is 313 Å². The lowest BCUT2D eigenvalue weighted by atomic mass is 9.72. The number of methoxy groups -OCH3 is 4. The Morgan fingerprint density at radius 1 is 0.908 bits per heavy atom. The molecule has 19 atom stereocenters. The maximum Gasteiger partial charge on any atom is 0.229 e. The van der Waals surface area contributed by atoms with Crippen molar-refractivity contribution in [3.8, 4) is 40.9 Å². The molecule has 9 N–H and O–H groups in total. The maximum absolute atomic E-state index is 14.5. The summed E-state index contributed by atoms with van der Waals surface area (Å²) in [7, 11) is 8.83. The zero-order valence-corrected chi connectivity index (χ0v) is 55.6. The SMILES string of the molecule is CCN[C@H]1CO[C@@H](O[C@H]2[C@H](O[C@H]3C#C/C=C\C#C[C@]4(O)CC(=O)C(CC(C)=O)=C3/C4=C\CSSC(C)(C)CCN)O[C@H](C)[C@@H](NO[C@H]3C[C@H](O)[C@H](SC(=O)c4c(C)c(I)c(O[C@@H]5O[C@@H](C)[C@H](O)[C@@H](OC)[C@H]5O)c(OC)c4OC)[C@@H](C)O3)[C@@H]2O)C[C@@H]1OC. The predicted octanol–water partition coefficient (Wildman–Crippen LogP) is 3.71. The van der Waals surface area contributed by atoms with E-state index in [-0.39, 0.29) is 88.1 Å². The van der Waals surface area contributed by atoms with Crippen LogP contribution in [0.1, 0.15) is 96.5 Å². The maximum atomic E-state index is 14.5. The van der Waals surface area contributed by atoms with E-state index >= 15 is 0 Å². The molecule has 484 valence electrons. The van der Waals surface area contributed by atoms with Crippen LogP contribution >= 0.6 is 55.9 Å². The van der Waals surface area contributed by atoms with Crippen molar-refractivity contribution in [1.29, 1.82) is 0 Å². The molecular weight excluding hydrogens is 1310 g/mol. The normalized spacial score (nSPS) is 35.4. The molecule has 4 heterocycles. The van der Waals surface area contributed by atoms with Crippen LogP contribution in [0.25, 0.3) is 0 Å². The molecule has 0 spiro atoms. The lowest BCUT2D eigenvalue weighted by Crippen LogP contribution is -2.65. The molecular formula is C60H84IN3O20S3. The summed E-state index contributed by atoms with van der Waals surface area (Å²) in [5.41, 5.74) is 7.89. The van der Waals surface area contributed by atoms with E-state index in [1.165, 1.54) is 51.2 Å². The third-order valence-corrected chi connectivity index (χ3v) is 21.7. The van der Waals surface area contributed by atoms with Crippen molar-refractivity contribution < 1.29 is 96.9 Å². The Bertz CT molecular complexity index is 2810. The number of nitrogens with one attached hydrogen (secondary N) is 2. The van der Waals surface area contributed by atoms with Gasteiger partial charge in [0.25, 0.3) is 0 Å². The molecule has 1 aromatic carbocycles. The van der Waals surface area contributed by atoms with Gasteiger partial charge in [0.05, 0.1) is 84.2 Å². The number of allylic oxidation sites excluding steroid dienone is 3. The zero-order chi connectivity index (χ0) is 63.7. The largest absolute Gasteiger partial charge is 0.492 e. The number of aliphatic hydroxyl groups is 5. The molecule has 4 fully saturated rings. The fourth-order valence-electron chi connectivity index (χ4n) is 11.2. The van der Waals surface area contributed by atoms with E-state index in [0.29, 0.717) is 28.0 Å². The van der Waals surface area contributed by atoms with Gasteiger partial charge in [0, 0.05) is 60.7 Å². The summed E-state index contributed by atoms with van der Waals surface area (Å²) in [6.45, 7) is 15.5. The van der Waals surface area contributed by atoms with Crippen molar-refractivity contribution >= 4 is 72.6 Å². The summed E-state index contributed by atoms with van der Waals surface area (Å²) < 4.78 is 67.8. The van der Waals surface area contributed by atoms with Gasteiger partial charge in [0.15, 0.2) is 41.8 Å². The number of nitrogens with two attached hydrogens (primary N) is 1.